The van der Waals surface area contributed by atoms with Gasteiger partial charge in [0.2, 0.25) is 11.8 Å². The van der Waals surface area contributed by atoms with Crippen molar-refractivity contribution in [2.75, 3.05) is 18.1 Å². The van der Waals surface area contributed by atoms with Crippen molar-refractivity contribution < 1.29 is 29.6 Å². The number of benzene rings is 3. The van der Waals surface area contributed by atoms with Crippen LogP contribution in [-0.2, 0) is 9.59 Å². The maximum atomic E-state index is 13.8. The SMILES string of the molecule is CCC/C(=C\c1ccc(O)cc1)CC[C@@H](O)C1=C(COc2ccccc2)C[C@H]2C(=O)N(c3ccccc3)C(=O)[C@H]2[C@H]1CO. The van der Waals surface area contributed by atoms with Crippen LogP contribution in [0.25, 0.3) is 6.08 Å². The molecule has 2 amide bonds. The number of nitrogens with zero attached hydrogens (tertiary/aromatic N) is 1. The van der Waals surface area contributed by atoms with Crippen LogP contribution in [0.4, 0.5) is 5.69 Å². The van der Waals surface area contributed by atoms with Crippen molar-refractivity contribution in [2.24, 2.45) is 17.8 Å². The molecule has 1 heterocycles. The number of amides is 2. The van der Waals surface area contributed by atoms with E-state index in [1.807, 2.05) is 48.5 Å². The first kappa shape index (κ1) is 30.3. The van der Waals surface area contributed by atoms with Gasteiger partial charge >= 0.3 is 0 Å². The Labute approximate surface area is 252 Å². The lowest BCUT2D eigenvalue weighted by molar-refractivity contribution is -0.123. The third-order valence-electron chi connectivity index (χ3n) is 8.48. The Balaban J connectivity index is 1.44. The average Bonchev–Trinajstić information content (AvgIpc) is 3.28. The molecular formula is C36H39NO6. The number of para-hydroxylation sites is 2. The molecule has 3 aromatic rings. The highest BCUT2D eigenvalue weighted by Gasteiger charge is 2.55. The Bertz CT molecular complexity index is 1460. The minimum absolute atomic E-state index is 0.147. The molecular weight excluding hydrogens is 542 g/mol. The number of aliphatic hydroxyl groups excluding tert-OH is 2. The molecule has 7 nitrogen and oxygen atoms in total. The second kappa shape index (κ2) is 13.8. The summed E-state index contributed by atoms with van der Waals surface area (Å²) in [6, 6.07) is 25.2. The van der Waals surface area contributed by atoms with Gasteiger partial charge in [0.1, 0.15) is 18.1 Å². The van der Waals surface area contributed by atoms with Gasteiger partial charge in [-0.1, -0.05) is 73.5 Å². The first-order chi connectivity index (χ1) is 20.9. The molecule has 3 N–H and O–H groups in total. The maximum absolute atomic E-state index is 13.8. The molecule has 0 bridgehead atoms. The molecule has 0 saturated carbocycles. The van der Waals surface area contributed by atoms with E-state index in [9.17, 15) is 24.9 Å². The van der Waals surface area contributed by atoms with Crippen molar-refractivity contribution in [1.29, 1.82) is 0 Å². The van der Waals surface area contributed by atoms with E-state index in [0.717, 1.165) is 29.6 Å². The standard InChI is InChI=1S/C36H39NO6/c1-2-9-24(20-25-14-17-28(39)18-15-25)16-19-32(40)33-26(23-43-29-12-7-4-8-13-29)21-30-34(31(33)22-38)36(42)37(35(30)41)27-10-5-3-6-11-27/h3-8,10-15,17-18,20,30-32,34,38-40H,2,9,16,19,21-23H2,1H3/b24-20+/t30-,31+,32-,34-/m1/s1. The van der Waals surface area contributed by atoms with Crippen LogP contribution in [-0.4, -0.2) is 46.5 Å². The summed E-state index contributed by atoms with van der Waals surface area (Å²) in [5, 5.41) is 32.1. The number of hydrogen-bond donors (Lipinski definition) is 3. The van der Waals surface area contributed by atoms with Gasteiger partial charge in [-0.2, -0.15) is 0 Å². The van der Waals surface area contributed by atoms with Crippen molar-refractivity contribution in [3.8, 4) is 11.5 Å². The second-order valence-electron chi connectivity index (χ2n) is 11.3. The lowest BCUT2D eigenvalue weighted by atomic mass is 9.68. The van der Waals surface area contributed by atoms with E-state index in [4.69, 9.17) is 4.74 Å². The second-order valence-corrected chi connectivity index (χ2v) is 11.3. The van der Waals surface area contributed by atoms with E-state index in [1.54, 1.807) is 36.4 Å². The Morgan fingerprint density at radius 1 is 0.953 bits per heavy atom. The first-order valence-electron chi connectivity index (χ1n) is 15.0. The molecule has 2 aliphatic rings. The maximum Gasteiger partial charge on any atom is 0.238 e. The number of hydrogen-bond acceptors (Lipinski definition) is 6. The topological polar surface area (TPSA) is 107 Å². The number of phenols is 1. The summed E-state index contributed by atoms with van der Waals surface area (Å²) in [5.41, 5.74) is 4.00. The Hall–Kier alpha value is -4.20. The summed E-state index contributed by atoms with van der Waals surface area (Å²) in [7, 11) is 0. The molecule has 7 heteroatoms. The monoisotopic (exact) mass is 581 g/mol. The van der Waals surface area contributed by atoms with Crippen LogP contribution in [0.15, 0.2) is 102 Å². The Kier molecular flexibility index (Phi) is 9.75. The third-order valence-corrected chi connectivity index (χ3v) is 8.48. The number of anilines is 1. The average molecular weight is 582 g/mol. The highest BCUT2D eigenvalue weighted by atomic mass is 16.5. The number of carbonyl (C=O) groups is 2. The molecule has 1 saturated heterocycles. The third kappa shape index (κ3) is 6.74. The largest absolute Gasteiger partial charge is 0.508 e. The Morgan fingerprint density at radius 2 is 1.63 bits per heavy atom. The van der Waals surface area contributed by atoms with Crippen LogP contribution in [0.2, 0.25) is 0 Å². The number of aliphatic hydroxyl groups is 2. The predicted molar refractivity (Wildman–Crippen MR) is 166 cm³/mol. The number of ether oxygens (including phenoxy) is 1. The number of rotatable bonds is 12. The summed E-state index contributed by atoms with van der Waals surface area (Å²) in [6.45, 7) is 1.89. The minimum Gasteiger partial charge on any atom is -0.508 e. The highest BCUT2D eigenvalue weighted by molar-refractivity contribution is 6.22. The number of imide groups is 1. The van der Waals surface area contributed by atoms with Crippen molar-refractivity contribution in [3.05, 3.63) is 107 Å². The summed E-state index contributed by atoms with van der Waals surface area (Å²) >= 11 is 0. The van der Waals surface area contributed by atoms with Crippen LogP contribution in [0.5, 0.6) is 11.5 Å². The van der Waals surface area contributed by atoms with Crippen LogP contribution in [0.3, 0.4) is 0 Å². The van der Waals surface area contributed by atoms with E-state index in [1.165, 1.54) is 4.90 Å². The summed E-state index contributed by atoms with van der Waals surface area (Å²) < 4.78 is 6.10. The molecule has 1 aliphatic carbocycles. The molecule has 5 rings (SSSR count). The fourth-order valence-electron chi connectivity index (χ4n) is 6.48. The molecule has 1 fully saturated rings. The van der Waals surface area contributed by atoms with Crippen molar-refractivity contribution >= 4 is 23.6 Å². The molecule has 0 aromatic heterocycles. The van der Waals surface area contributed by atoms with Gasteiger partial charge in [0.15, 0.2) is 0 Å². The number of aromatic hydroxyl groups is 1. The summed E-state index contributed by atoms with van der Waals surface area (Å²) in [4.78, 5) is 28.7. The van der Waals surface area contributed by atoms with E-state index >= 15 is 0 Å². The van der Waals surface area contributed by atoms with Crippen molar-refractivity contribution in [3.63, 3.8) is 0 Å². The smallest absolute Gasteiger partial charge is 0.238 e. The van der Waals surface area contributed by atoms with Crippen LogP contribution in [0.1, 0.15) is 44.6 Å². The number of fused-ring (bicyclic) bond motifs is 1. The molecule has 43 heavy (non-hydrogen) atoms. The highest BCUT2D eigenvalue weighted by Crippen LogP contribution is 2.47. The molecule has 0 radical (unpaired) electrons. The van der Waals surface area contributed by atoms with E-state index in [2.05, 4.69) is 13.0 Å². The normalized spacial score (nSPS) is 21.2. The first-order valence-corrected chi connectivity index (χ1v) is 15.0. The number of allylic oxidation sites excluding steroid dienone is 1. The van der Waals surface area contributed by atoms with Gasteiger partial charge in [-0.25, -0.2) is 0 Å². The summed E-state index contributed by atoms with van der Waals surface area (Å²) in [5.74, 6) is -1.86. The predicted octanol–water partition coefficient (Wildman–Crippen LogP) is 5.91. The summed E-state index contributed by atoms with van der Waals surface area (Å²) in [6.07, 6.45) is 4.23. The minimum atomic E-state index is -0.929. The molecule has 0 unspecified atom stereocenters. The van der Waals surface area contributed by atoms with Gasteiger partial charge in [0, 0.05) is 5.92 Å². The molecule has 3 aromatic carbocycles. The van der Waals surface area contributed by atoms with Crippen LogP contribution < -0.4 is 9.64 Å². The molecule has 224 valence electrons. The van der Waals surface area contributed by atoms with Gasteiger partial charge in [-0.05, 0) is 78.8 Å². The van der Waals surface area contributed by atoms with E-state index < -0.39 is 23.9 Å². The van der Waals surface area contributed by atoms with Gasteiger partial charge in [0.25, 0.3) is 0 Å². The zero-order chi connectivity index (χ0) is 30.3. The van der Waals surface area contributed by atoms with Gasteiger partial charge in [0.05, 0.1) is 30.2 Å². The zero-order valence-corrected chi connectivity index (χ0v) is 24.4. The van der Waals surface area contributed by atoms with Crippen LogP contribution in [0, 0.1) is 17.8 Å². The van der Waals surface area contributed by atoms with Crippen LogP contribution >= 0.6 is 0 Å². The number of carbonyl (C=O) groups excluding carboxylic acids is 2. The van der Waals surface area contributed by atoms with E-state index in [-0.39, 0.29) is 37.2 Å². The van der Waals surface area contributed by atoms with Gasteiger partial charge in [-0.3, -0.25) is 14.5 Å². The lowest BCUT2D eigenvalue weighted by Gasteiger charge is -2.36. The molecule has 0 spiro atoms. The fourth-order valence-corrected chi connectivity index (χ4v) is 6.48. The Morgan fingerprint density at radius 3 is 2.28 bits per heavy atom. The number of phenolic OH excluding ortho intramolecular Hbond substituents is 1. The zero-order valence-electron chi connectivity index (χ0n) is 24.4. The van der Waals surface area contributed by atoms with Crippen molar-refractivity contribution in [2.45, 2.75) is 45.1 Å². The lowest BCUT2D eigenvalue weighted by Crippen LogP contribution is -2.40. The van der Waals surface area contributed by atoms with Gasteiger partial charge in [-0.15, -0.1) is 0 Å². The quantitative estimate of drug-likeness (QED) is 0.181. The molecule has 1 aliphatic heterocycles. The molecule has 4 atom stereocenters. The van der Waals surface area contributed by atoms with Crippen molar-refractivity contribution in [1.82, 2.24) is 0 Å². The fraction of sp³-hybridized carbons (Fsp3) is 0.333. The van der Waals surface area contributed by atoms with Gasteiger partial charge < -0.3 is 20.1 Å². The van der Waals surface area contributed by atoms with E-state index in [0.29, 0.717) is 29.9 Å².